The summed E-state index contributed by atoms with van der Waals surface area (Å²) in [5.74, 6) is 0.802. The van der Waals surface area contributed by atoms with E-state index in [2.05, 4.69) is 132 Å². The van der Waals surface area contributed by atoms with Gasteiger partial charge >= 0.3 is 0 Å². The predicted octanol–water partition coefficient (Wildman–Crippen LogP) is 10.8. The van der Waals surface area contributed by atoms with Crippen LogP contribution in [0, 0.1) is 0 Å². The van der Waals surface area contributed by atoms with Crippen LogP contribution in [0.4, 0.5) is 17.3 Å². The molecule has 0 aliphatic carbocycles. The minimum Gasteiger partial charge on any atom is -0.454 e. The summed E-state index contributed by atoms with van der Waals surface area (Å²) in [6, 6.07) is 46.6. The fraction of sp³-hybridized carbons (Fsp3) is 0.0256. The van der Waals surface area contributed by atoms with E-state index in [9.17, 15) is 0 Å². The molecular formula is C39H26N2O2. The number of anilines is 3. The van der Waals surface area contributed by atoms with Gasteiger partial charge in [0.2, 0.25) is 5.88 Å². The lowest BCUT2D eigenvalue weighted by atomic mass is 10.0. The number of benzene rings is 6. The molecule has 4 heteroatoms. The second-order valence-electron chi connectivity index (χ2n) is 11.0. The highest BCUT2D eigenvalue weighted by Crippen LogP contribution is 2.44. The smallest absolute Gasteiger partial charge is 0.201 e. The SMILES string of the molecule is C1=C(N(c2ccc(-c3ccccc3)cc2)c2cccc3c2oc2ccccc23)CNc2oc3c(ccc4ccccc43)c21. The third kappa shape index (κ3) is 3.77. The number of furan rings is 2. The number of nitrogens with one attached hydrogen (secondary N) is 1. The molecule has 0 bridgehead atoms. The van der Waals surface area contributed by atoms with Gasteiger partial charge in [0.25, 0.3) is 0 Å². The van der Waals surface area contributed by atoms with Crippen LogP contribution in [0.5, 0.6) is 0 Å². The Hall–Kier alpha value is -5.74. The zero-order chi connectivity index (χ0) is 28.3. The topological polar surface area (TPSA) is 41.6 Å². The highest BCUT2D eigenvalue weighted by Gasteiger charge is 2.26. The standard InChI is InChI=1S/C39H26N2O2/c1-2-9-25(10-3-1)26-17-20-28(21-18-26)41(35-15-8-14-32-31-13-6-7-16-36(31)42-38(32)35)29-23-34-33-22-19-27-11-4-5-12-30(27)37(33)43-39(34)40-24-29/h1-23,40H,24H2. The molecule has 0 spiro atoms. The van der Waals surface area contributed by atoms with E-state index in [0.717, 1.165) is 66.8 Å². The fourth-order valence-electron chi connectivity index (χ4n) is 6.45. The molecule has 0 amide bonds. The van der Waals surface area contributed by atoms with Gasteiger partial charge in [0.1, 0.15) is 11.2 Å². The van der Waals surface area contributed by atoms with E-state index < -0.39 is 0 Å². The van der Waals surface area contributed by atoms with Crippen molar-refractivity contribution in [3.63, 3.8) is 0 Å². The Balaban J connectivity index is 1.25. The van der Waals surface area contributed by atoms with Crippen LogP contribution in [0.25, 0.3) is 60.9 Å². The van der Waals surface area contributed by atoms with Crippen molar-refractivity contribution in [3.05, 3.63) is 145 Å². The van der Waals surface area contributed by atoms with Crippen molar-refractivity contribution in [1.82, 2.24) is 0 Å². The lowest BCUT2D eigenvalue weighted by Crippen LogP contribution is -2.24. The quantitative estimate of drug-likeness (QED) is 0.235. The van der Waals surface area contributed by atoms with Crippen molar-refractivity contribution < 1.29 is 8.83 Å². The Labute approximate surface area is 248 Å². The molecule has 43 heavy (non-hydrogen) atoms. The molecule has 204 valence electrons. The summed E-state index contributed by atoms with van der Waals surface area (Å²) in [6.45, 7) is 0.599. The van der Waals surface area contributed by atoms with Crippen molar-refractivity contribution in [2.45, 2.75) is 0 Å². The highest BCUT2D eigenvalue weighted by molar-refractivity contribution is 6.11. The van der Waals surface area contributed by atoms with Gasteiger partial charge in [0.05, 0.1) is 12.2 Å². The molecule has 0 radical (unpaired) electrons. The zero-order valence-corrected chi connectivity index (χ0v) is 23.2. The molecule has 0 saturated heterocycles. The van der Waals surface area contributed by atoms with Gasteiger partial charge in [0, 0.05) is 38.5 Å². The van der Waals surface area contributed by atoms with E-state index in [1.165, 1.54) is 16.5 Å². The van der Waals surface area contributed by atoms with Crippen LogP contribution in [0.15, 0.2) is 148 Å². The van der Waals surface area contributed by atoms with E-state index in [0.29, 0.717) is 6.54 Å². The van der Waals surface area contributed by atoms with Crippen molar-refractivity contribution in [3.8, 4) is 11.1 Å². The molecule has 8 aromatic rings. The molecule has 0 saturated carbocycles. The maximum Gasteiger partial charge on any atom is 0.201 e. The molecule has 9 rings (SSSR count). The minimum atomic E-state index is 0.599. The molecule has 0 fully saturated rings. The molecule has 6 aromatic carbocycles. The second-order valence-corrected chi connectivity index (χ2v) is 11.0. The third-order valence-corrected chi connectivity index (χ3v) is 8.50. The van der Waals surface area contributed by atoms with Gasteiger partial charge in [0.15, 0.2) is 5.58 Å². The Morgan fingerprint density at radius 2 is 1.28 bits per heavy atom. The maximum atomic E-state index is 6.53. The average Bonchev–Trinajstić information content (AvgIpc) is 3.65. The first-order chi connectivity index (χ1) is 21.3. The molecule has 4 nitrogen and oxygen atoms in total. The Kier molecular flexibility index (Phi) is 5.23. The van der Waals surface area contributed by atoms with E-state index >= 15 is 0 Å². The predicted molar refractivity (Wildman–Crippen MR) is 178 cm³/mol. The summed E-state index contributed by atoms with van der Waals surface area (Å²) in [5.41, 5.74) is 9.25. The first-order valence-corrected chi connectivity index (χ1v) is 14.6. The van der Waals surface area contributed by atoms with Crippen molar-refractivity contribution in [2.24, 2.45) is 0 Å². The van der Waals surface area contributed by atoms with Crippen LogP contribution in [-0.4, -0.2) is 6.54 Å². The summed E-state index contributed by atoms with van der Waals surface area (Å²) in [7, 11) is 0. The number of hydrogen-bond acceptors (Lipinski definition) is 4. The van der Waals surface area contributed by atoms with Crippen LogP contribution >= 0.6 is 0 Å². The molecule has 1 aliphatic heterocycles. The molecular weight excluding hydrogens is 528 g/mol. The first-order valence-electron chi connectivity index (χ1n) is 14.6. The lowest BCUT2D eigenvalue weighted by Gasteiger charge is -2.30. The molecule has 0 atom stereocenters. The first kappa shape index (κ1) is 23.9. The summed E-state index contributed by atoms with van der Waals surface area (Å²) >= 11 is 0. The monoisotopic (exact) mass is 554 g/mol. The minimum absolute atomic E-state index is 0.599. The Morgan fingerprint density at radius 3 is 2.16 bits per heavy atom. The number of hydrogen-bond donors (Lipinski definition) is 1. The van der Waals surface area contributed by atoms with Crippen molar-refractivity contribution >= 4 is 67.0 Å². The van der Waals surface area contributed by atoms with Gasteiger partial charge in [-0.15, -0.1) is 0 Å². The van der Waals surface area contributed by atoms with Gasteiger partial charge < -0.3 is 19.1 Å². The number of fused-ring (bicyclic) bond motifs is 8. The summed E-state index contributed by atoms with van der Waals surface area (Å²) in [6.07, 6.45) is 2.26. The average molecular weight is 555 g/mol. The number of nitrogens with zero attached hydrogens (tertiary/aromatic N) is 1. The van der Waals surface area contributed by atoms with E-state index in [1.54, 1.807) is 0 Å². The fourth-order valence-corrected chi connectivity index (χ4v) is 6.45. The van der Waals surface area contributed by atoms with E-state index in [4.69, 9.17) is 8.83 Å². The molecule has 1 aliphatic rings. The van der Waals surface area contributed by atoms with Gasteiger partial charge in [-0.1, -0.05) is 103 Å². The normalized spacial score (nSPS) is 12.9. The largest absolute Gasteiger partial charge is 0.454 e. The Morgan fingerprint density at radius 1 is 0.535 bits per heavy atom. The second kappa shape index (κ2) is 9.40. The summed E-state index contributed by atoms with van der Waals surface area (Å²) < 4.78 is 13.0. The summed E-state index contributed by atoms with van der Waals surface area (Å²) in [5, 5.41) is 9.19. The van der Waals surface area contributed by atoms with Gasteiger partial charge in [-0.3, -0.25) is 0 Å². The molecule has 2 aromatic heterocycles. The summed E-state index contributed by atoms with van der Waals surface area (Å²) in [4.78, 5) is 2.31. The van der Waals surface area contributed by atoms with E-state index in [-0.39, 0.29) is 0 Å². The molecule has 1 N–H and O–H groups in total. The van der Waals surface area contributed by atoms with Crippen LogP contribution < -0.4 is 10.2 Å². The lowest BCUT2D eigenvalue weighted by molar-refractivity contribution is 0.629. The third-order valence-electron chi connectivity index (χ3n) is 8.50. The van der Waals surface area contributed by atoms with Crippen LogP contribution in [0.2, 0.25) is 0 Å². The van der Waals surface area contributed by atoms with Gasteiger partial charge in [-0.2, -0.15) is 0 Å². The maximum absolute atomic E-state index is 6.53. The van der Waals surface area contributed by atoms with Crippen molar-refractivity contribution in [2.75, 3.05) is 16.8 Å². The van der Waals surface area contributed by atoms with Crippen molar-refractivity contribution in [1.29, 1.82) is 0 Å². The highest BCUT2D eigenvalue weighted by atomic mass is 16.4. The number of rotatable bonds is 4. The zero-order valence-electron chi connectivity index (χ0n) is 23.2. The molecule has 3 heterocycles. The van der Waals surface area contributed by atoms with Gasteiger partial charge in [-0.25, -0.2) is 0 Å². The van der Waals surface area contributed by atoms with Crippen LogP contribution in [0.3, 0.4) is 0 Å². The Bertz CT molecular complexity index is 2340. The van der Waals surface area contributed by atoms with E-state index in [1.807, 2.05) is 18.2 Å². The van der Waals surface area contributed by atoms with Crippen LogP contribution in [-0.2, 0) is 0 Å². The number of para-hydroxylation sites is 2. The molecule has 0 unspecified atom stereocenters. The van der Waals surface area contributed by atoms with Gasteiger partial charge in [-0.05, 0) is 52.9 Å². The van der Waals surface area contributed by atoms with Crippen LogP contribution in [0.1, 0.15) is 5.56 Å².